The van der Waals surface area contributed by atoms with E-state index in [4.69, 9.17) is 9.72 Å². The standard InChI is InChI=1S/C15H21NO/c1-9(2)11-7-12(10(3)4)16-14-13(11)17-8-15(14)5-6-15/h7,9-10H,5-6,8H2,1-4H3. The van der Waals surface area contributed by atoms with E-state index in [9.17, 15) is 0 Å². The Morgan fingerprint density at radius 1 is 1.18 bits per heavy atom. The molecule has 2 heteroatoms. The van der Waals surface area contributed by atoms with Crippen LogP contribution in [0, 0.1) is 0 Å². The molecule has 17 heavy (non-hydrogen) atoms. The van der Waals surface area contributed by atoms with Gasteiger partial charge in [-0.05, 0) is 30.7 Å². The lowest BCUT2D eigenvalue weighted by molar-refractivity contribution is 0.320. The van der Waals surface area contributed by atoms with Gasteiger partial charge in [0.05, 0.1) is 17.7 Å². The van der Waals surface area contributed by atoms with Crippen LogP contribution in [0.3, 0.4) is 0 Å². The molecule has 0 aromatic carbocycles. The molecule has 1 aromatic rings. The van der Waals surface area contributed by atoms with E-state index in [0.29, 0.717) is 17.3 Å². The Kier molecular flexibility index (Phi) is 2.26. The minimum atomic E-state index is 0.296. The van der Waals surface area contributed by atoms with Crippen LogP contribution in [0.2, 0.25) is 0 Å². The molecule has 0 unspecified atom stereocenters. The van der Waals surface area contributed by atoms with Crippen molar-refractivity contribution in [1.29, 1.82) is 0 Å². The second-order valence-corrected chi connectivity index (χ2v) is 6.19. The molecule has 0 atom stereocenters. The molecule has 2 nitrogen and oxygen atoms in total. The lowest BCUT2D eigenvalue weighted by Crippen LogP contribution is -2.10. The lowest BCUT2D eigenvalue weighted by Gasteiger charge is -2.15. The number of pyridine rings is 1. The van der Waals surface area contributed by atoms with E-state index in [1.165, 1.54) is 29.8 Å². The van der Waals surface area contributed by atoms with Crippen LogP contribution in [0.4, 0.5) is 0 Å². The van der Waals surface area contributed by atoms with E-state index in [0.717, 1.165) is 12.4 Å². The Hall–Kier alpha value is -1.05. The highest BCUT2D eigenvalue weighted by Gasteiger charge is 2.53. The van der Waals surface area contributed by atoms with Crippen molar-refractivity contribution in [1.82, 2.24) is 4.98 Å². The number of fused-ring (bicyclic) bond motifs is 2. The van der Waals surface area contributed by atoms with Gasteiger partial charge < -0.3 is 4.74 Å². The Morgan fingerprint density at radius 3 is 2.41 bits per heavy atom. The summed E-state index contributed by atoms with van der Waals surface area (Å²) in [7, 11) is 0. The van der Waals surface area contributed by atoms with Crippen molar-refractivity contribution < 1.29 is 4.74 Å². The van der Waals surface area contributed by atoms with E-state index in [2.05, 4.69) is 33.8 Å². The molecule has 1 aliphatic carbocycles. The average Bonchev–Trinajstić information content (AvgIpc) is 2.96. The third-order valence-electron chi connectivity index (χ3n) is 4.08. The van der Waals surface area contributed by atoms with Crippen LogP contribution in [0.5, 0.6) is 5.75 Å². The van der Waals surface area contributed by atoms with Crippen LogP contribution in [-0.4, -0.2) is 11.6 Å². The van der Waals surface area contributed by atoms with Gasteiger partial charge in [-0.25, -0.2) is 0 Å². The lowest BCUT2D eigenvalue weighted by atomic mass is 9.94. The second-order valence-electron chi connectivity index (χ2n) is 6.19. The molecule has 0 radical (unpaired) electrons. The van der Waals surface area contributed by atoms with Gasteiger partial charge in [0.1, 0.15) is 5.75 Å². The molecule has 2 heterocycles. The summed E-state index contributed by atoms with van der Waals surface area (Å²) in [5, 5.41) is 0. The van der Waals surface area contributed by atoms with Gasteiger partial charge in [-0.1, -0.05) is 27.7 Å². The van der Waals surface area contributed by atoms with Gasteiger partial charge in [0.15, 0.2) is 0 Å². The van der Waals surface area contributed by atoms with Gasteiger partial charge in [0.25, 0.3) is 0 Å². The molecule has 1 fully saturated rings. The number of aromatic nitrogens is 1. The van der Waals surface area contributed by atoms with Crippen molar-refractivity contribution in [2.24, 2.45) is 0 Å². The molecule has 1 aromatic heterocycles. The topological polar surface area (TPSA) is 22.1 Å². The van der Waals surface area contributed by atoms with Gasteiger partial charge in [-0.3, -0.25) is 4.98 Å². The highest BCUT2D eigenvalue weighted by molar-refractivity contribution is 5.50. The summed E-state index contributed by atoms with van der Waals surface area (Å²) in [5.41, 5.74) is 4.13. The van der Waals surface area contributed by atoms with Crippen molar-refractivity contribution in [3.8, 4) is 5.75 Å². The van der Waals surface area contributed by atoms with Gasteiger partial charge in [-0.15, -0.1) is 0 Å². The Morgan fingerprint density at radius 2 is 1.88 bits per heavy atom. The quantitative estimate of drug-likeness (QED) is 0.773. The summed E-state index contributed by atoms with van der Waals surface area (Å²) >= 11 is 0. The van der Waals surface area contributed by atoms with E-state index in [-0.39, 0.29) is 0 Å². The number of hydrogen-bond acceptors (Lipinski definition) is 2. The summed E-state index contributed by atoms with van der Waals surface area (Å²) in [6, 6.07) is 2.25. The first kappa shape index (κ1) is 11.1. The number of hydrogen-bond donors (Lipinski definition) is 0. The monoisotopic (exact) mass is 231 g/mol. The number of rotatable bonds is 2. The molecular formula is C15H21NO. The van der Waals surface area contributed by atoms with Gasteiger partial charge in [-0.2, -0.15) is 0 Å². The molecule has 1 aliphatic heterocycles. The van der Waals surface area contributed by atoms with Gasteiger partial charge in [0, 0.05) is 11.3 Å². The van der Waals surface area contributed by atoms with Crippen molar-refractivity contribution in [2.45, 2.75) is 57.8 Å². The zero-order valence-electron chi connectivity index (χ0n) is 11.2. The summed E-state index contributed by atoms with van der Waals surface area (Å²) in [5.74, 6) is 2.11. The van der Waals surface area contributed by atoms with Crippen LogP contribution in [0.25, 0.3) is 0 Å². The normalized spacial score (nSPS) is 19.9. The molecule has 3 rings (SSSR count). The number of nitrogens with zero attached hydrogens (tertiary/aromatic N) is 1. The predicted molar refractivity (Wildman–Crippen MR) is 68.8 cm³/mol. The second kappa shape index (κ2) is 3.47. The number of ether oxygens (including phenoxy) is 1. The smallest absolute Gasteiger partial charge is 0.145 e. The van der Waals surface area contributed by atoms with Crippen LogP contribution >= 0.6 is 0 Å². The summed E-state index contributed by atoms with van der Waals surface area (Å²) in [4.78, 5) is 4.89. The Labute approximate surface area is 103 Å². The average molecular weight is 231 g/mol. The molecule has 0 saturated heterocycles. The van der Waals surface area contributed by atoms with E-state index < -0.39 is 0 Å². The van der Waals surface area contributed by atoms with Crippen molar-refractivity contribution in [2.75, 3.05) is 6.61 Å². The third kappa shape index (κ3) is 1.57. The fraction of sp³-hybridized carbons (Fsp3) is 0.667. The van der Waals surface area contributed by atoms with Crippen LogP contribution in [0.1, 0.15) is 69.3 Å². The minimum Gasteiger partial charge on any atom is -0.490 e. The highest BCUT2D eigenvalue weighted by Crippen LogP contribution is 2.56. The summed E-state index contributed by atoms with van der Waals surface area (Å²) < 4.78 is 5.94. The zero-order valence-corrected chi connectivity index (χ0v) is 11.2. The van der Waals surface area contributed by atoms with E-state index >= 15 is 0 Å². The highest BCUT2D eigenvalue weighted by atomic mass is 16.5. The van der Waals surface area contributed by atoms with E-state index in [1.807, 2.05) is 0 Å². The van der Waals surface area contributed by atoms with Crippen LogP contribution in [-0.2, 0) is 5.41 Å². The van der Waals surface area contributed by atoms with Crippen molar-refractivity contribution in [3.63, 3.8) is 0 Å². The molecule has 1 saturated carbocycles. The fourth-order valence-electron chi connectivity index (χ4n) is 2.62. The molecule has 0 amide bonds. The largest absolute Gasteiger partial charge is 0.490 e. The van der Waals surface area contributed by atoms with Crippen LogP contribution in [0.15, 0.2) is 6.07 Å². The minimum absolute atomic E-state index is 0.296. The van der Waals surface area contributed by atoms with Crippen molar-refractivity contribution in [3.05, 3.63) is 23.0 Å². The van der Waals surface area contributed by atoms with Crippen LogP contribution < -0.4 is 4.74 Å². The summed E-state index contributed by atoms with van der Waals surface area (Å²) in [6.45, 7) is 9.76. The van der Waals surface area contributed by atoms with Crippen molar-refractivity contribution >= 4 is 0 Å². The fourth-order valence-corrected chi connectivity index (χ4v) is 2.62. The molecule has 2 aliphatic rings. The SMILES string of the molecule is CC(C)c1cc(C(C)C)c2c(n1)C1(CC1)CO2. The predicted octanol–water partition coefficient (Wildman–Crippen LogP) is 3.75. The maximum absolute atomic E-state index is 5.94. The maximum atomic E-state index is 5.94. The first-order valence-electron chi connectivity index (χ1n) is 6.71. The third-order valence-corrected chi connectivity index (χ3v) is 4.08. The first-order valence-corrected chi connectivity index (χ1v) is 6.71. The van der Waals surface area contributed by atoms with E-state index in [1.54, 1.807) is 0 Å². The molecule has 0 N–H and O–H groups in total. The van der Waals surface area contributed by atoms with Gasteiger partial charge >= 0.3 is 0 Å². The maximum Gasteiger partial charge on any atom is 0.145 e. The summed E-state index contributed by atoms with van der Waals surface area (Å²) in [6.07, 6.45) is 2.51. The molecule has 1 spiro atoms. The molecule has 92 valence electrons. The molecule has 0 bridgehead atoms. The Bertz CT molecular complexity index is 458. The zero-order chi connectivity index (χ0) is 12.2. The molecular weight excluding hydrogens is 210 g/mol. The first-order chi connectivity index (χ1) is 8.03. The Balaban J connectivity index is 2.17. The van der Waals surface area contributed by atoms with Gasteiger partial charge in [0.2, 0.25) is 0 Å².